The molecule has 2 N–H and O–H groups in total. The molecule has 5 rings (SSSR count). The molecule has 31 heavy (non-hydrogen) atoms. The summed E-state index contributed by atoms with van der Waals surface area (Å²) in [6.45, 7) is 7.97. The van der Waals surface area contributed by atoms with Crippen molar-refractivity contribution in [2.24, 2.45) is 17.6 Å². The number of fused-ring (bicyclic) bond motifs is 2. The van der Waals surface area contributed by atoms with Gasteiger partial charge < -0.3 is 15.4 Å². The van der Waals surface area contributed by atoms with Gasteiger partial charge in [-0.15, -0.1) is 5.10 Å². The minimum Gasteiger partial charge on any atom is -0.424 e. The Morgan fingerprint density at radius 1 is 1.19 bits per heavy atom. The van der Waals surface area contributed by atoms with Crippen LogP contribution < -0.4 is 15.4 Å². The Bertz CT molecular complexity index is 1080. The van der Waals surface area contributed by atoms with Crippen LogP contribution in [0.2, 0.25) is 5.02 Å². The zero-order valence-corrected chi connectivity index (χ0v) is 18.8. The molecular weight excluding hydrogens is 414 g/mol. The number of hydrogen-bond donors (Lipinski definition) is 1. The molecule has 3 heterocycles. The second kappa shape index (κ2) is 7.84. The monoisotopic (exact) mass is 441 g/mol. The van der Waals surface area contributed by atoms with Gasteiger partial charge in [-0.3, -0.25) is 0 Å². The zero-order chi connectivity index (χ0) is 21.7. The Kier molecular flexibility index (Phi) is 5.14. The molecule has 1 aliphatic heterocycles. The largest absolute Gasteiger partial charge is 0.424 e. The van der Waals surface area contributed by atoms with E-state index < -0.39 is 0 Å². The molecule has 2 aromatic heterocycles. The van der Waals surface area contributed by atoms with Crippen LogP contribution in [-0.4, -0.2) is 43.4 Å². The lowest BCUT2D eigenvalue weighted by Crippen LogP contribution is -2.49. The van der Waals surface area contributed by atoms with Gasteiger partial charge in [-0.2, -0.15) is 4.98 Å². The van der Waals surface area contributed by atoms with E-state index >= 15 is 0 Å². The summed E-state index contributed by atoms with van der Waals surface area (Å²) in [5.74, 6) is 3.09. The van der Waals surface area contributed by atoms with Crippen molar-refractivity contribution in [3.63, 3.8) is 0 Å². The molecule has 1 saturated heterocycles. The van der Waals surface area contributed by atoms with E-state index in [2.05, 4.69) is 18.7 Å². The summed E-state index contributed by atoms with van der Waals surface area (Å²) in [6.07, 6.45) is 4.26. The van der Waals surface area contributed by atoms with Crippen LogP contribution in [0.25, 0.3) is 5.95 Å². The van der Waals surface area contributed by atoms with Gasteiger partial charge in [0.05, 0.1) is 12.2 Å². The molecular formula is C22H28ClN7O. The predicted octanol–water partition coefficient (Wildman–Crippen LogP) is 3.97. The standard InChI is InChI=1S/C22H28ClN7O/c1-13(2)30-22(31-18-6-4-5-17(23)9-18)26-20(27-30)29-14(3)10-25-21(29)28-11-15-7-8-16(12-28)19(15)24/h4-6,9-10,13,15-16,19H,7-8,11-12,24H2,1-3H3. The number of imidazole rings is 1. The third-order valence-electron chi connectivity index (χ3n) is 6.39. The van der Waals surface area contributed by atoms with Crippen molar-refractivity contribution in [2.75, 3.05) is 18.0 Å². The van der Waals surface area contributed by atoms with Gasteiger partial charge in [-0.05, 0) is 63.6 Å². The van der Waals surface area contributed by atoms with Crippen LogP contribution >= 0.6 is 11.6 Å². The number of anilines is 1. The van der Waals surface area contributed by atoms with Crippen molar-refractivity contribution in [1.82, 2.24) is 24.3 Å². The highest BCUT2D eigenvalue weighted by molar-refractivity contribution is 6.30. The first kappa shape index (κ1) is 20.3. The van der Waals surface area contributed by atoms with Crippen molar-refractivity contribution in [3.05, 3.63) is 41.2 Å². The summed E-state index contributed by atoms with van der Waals surface area (Å²) in [7, 11) is 0. The van der Waals surface area contributed by atoms with Crippen molar-refractivity contribution < 1.29 is 4.74 Å². The Balaban J connectivity index is 1.50. The van der Waals surface area contributed by atoms with Crippen molar-refractivity contribution in [2.45, 2.75) is 45.7 Å². The number of nitrogens with zero attached hydrogens (tertiary/aromatic N) is 6. The van der Waals surface area contributed by atoms with Gasteiger partial charge in [0.1, 0.15) is 5.75 Å². The van der Waals surface area contributed by atoms with E-state index in [1.54, 1.807) is 10.7 Å². The van der Waals surface area contributed by atoms with Crippen LogP contribution in [0, 0.1) is 18.8 Å². The normalized spacial score (nSPS) is 23.0. The number of aromatic nitrogens is 5. The minimum atomic E-state index is 0.0755. The maximum absolute atomic E-state index is 6.41. The number of benzene rings is 1. The molecule has 2 unspecified atom stereocenters. The number of nitrogens with two attached hydrogens (primary N) is 1. The van der Waals surface area contributed by atoms with Crippen LogP contribution in [-0.2, 0) is 0 Å². The number of aryl methyl sites for hydroxylation is 1. The molecule has 0 radical (unpaired) electrons. The molecule has 0 spiro atoms. The highest BCUT2D eigenvalue weighted by Gasteiger charge is 2.41. The van der Waals surface area contributed by atoms with Crippen LogP contribution in [0.5, 0.6) is 11.8 Å². The lowest BCUT2D eigenvalue weighted by atomic mass is 9.93. The molecule has 2 fully saturated rings. The molecule has 8 nitrogen and oxygen atoms in total. The quantitative estimate of drug-likeness (QED) is 0.644. The fraction of sp³-hybridized carbons (Fsp3) is 0.500. The summed E-state index contributed by atoms with van der Waals surface area (Å²) < 4.78 is 9.86. The maximum atomic E-state index is 6.41. The first-order valence-corrected chi connectivity index (χ1v) is 11.2. The predicted molar refractivity (Wildman–Crippen MR) is 120 cm³/mol. The molecule has 2 bridgehead atoms. The molecule has 1 aromatic carbocycles. The fourth-order valence-corrected chi connectivity index (χ4v) is 4.94. The summed E-state index contributed by atoms with van der Waals surface area (Å²) in [5, 5.41) is 5.39. The first-order valence-electron chi connectivity index (χ1n) is 10.9. The highest BCUT2D eigenvalue weighted by Crippen LogP contribution is 2.38. The van der Waals surface area contributed by atoms with E-state index in [1.165, 1.54) is 12.8 Å². The molecule has 2 atom stereocenters. The van der Waals surface area contributed by atoms with Crippen molar-refractivity contribution in [1.29, 1.82) is 0 Å². The van der Waals surface area contributed by atoms with E-state index in [9.17, 15) is 0 Å². The minimum absolute atomic E-state index is 0.0755. The van der Waals surface area contributed by atoms with Crippen LogP contribution in [0.4, 0.5) is 5.95 Å². The highest BCUT2D eigenvalue weighted by atomic mass is 35.5. The molecule has 2 aliphatic rings. The van der Waals surface area contributed by atoms with Crippen molar-refractivity contribution in [3.8, 4) is 17.7 Å². The average Bonchev–Trinajstić information content (AvgIpc) is 3.35. The molecule has 164 valence electrons. The number of hydrogen-bond acceptors (Lipinski definition) is 6. The van der Waals surface area contributed by atoms with Gasteiger partial charge in [0.2, 0.25) is 5.95 Å². The van der Waals surface area contributed by atoms with Crippen LogP contribution in [0.15, 0.2) is 30.5 Å². The van der Waals surface area contributed by atoms with E-state index in [1.807, 2.05) is 35.9 Å². The lowest BCUT2D eigenvalue weighted by Gasteiger charge is -2.36. The second-order valence-electron chi connectivity index (χ2n) is 8.91. The first-order chi connectivity index (χ1) is 14.9. The van der Waals surface area contributed by atoms with Gasteiger partial charge in [0.15, 0.2) is 0 Å². The third kappa shape index (κ3) is 3.68. The van der Waals surface area contributed by atoms with E-state index in [0.717, 1.165) is 24.7 Å². The van der Waals surface area contributed by atoms with Gasteiger partial charge in [-0.25, -0.2) is 14.2 Å². The topological polar surface area (TPSA) is 87.0 Å². The Morgan fingerprint density at radius 3 is 2.61 bits per heavy atom. The molecule has 0 amide bonds. The maximum Gasteiger partial charge on any atom is 0.322 e. The Labute approximate surface area is 187 Å². The molecule has 3 aromatic rings. The second-order valence-corrected chi connectivity index (χ2v) is 9.34. The molecule has 9 heteroatoms. The van der Waals surface area contributed by atoms with E-state index in [4.69, 9.17) is 37.1 Å². The number of piperidine rings is 1. The van der Waals surface area contributed by atoms with Gasteiger partial charge >= 0.3 is 6.01 Å². The zero-order valence-electron chi connectivity index (χ0n) is 18.1. The fourth-order valence-electron chi connectivity index (χ4n) is 4.76. The summed E-state index contributed by atoms with van der Waals surface area (Å²) in [5.41, 5.74) is 7.39. The summed E-state index contributed by atoms with van der Waals surface area (Å²) in [6, 6.07) is 8.08. The Hall–Kier alpha value is -2.58. The summed E-state index contributed by atoms with van der Waals surface area (Å²) >= 11 is 6.12. The Morgan fingerprint density at radius 2 is 1.94 bits per heavy atom. The molecule has 1 saturated carbocycles. The smallest absolute Gasteiger partial charge is 0.322 e. The van der Waals surface area contributed by atoms with Crippen LogP contribution in [0.1, 0.15) is 38.4 Å². The average molecular weight is 442 g/mol. The number of rotatable bonds is 5. The molecule has 1 aliphatic carbocycles. The number of ether oxygens (including phenoxy) is 1. The van der Waals surface area contributed by atoms with Gasteiger partial charge in [-0.1, -0.05) is 17.7 Å². The van der Waals surface area contributed by atoms with Gasteiger partial charge in [0, 0.05) is 29.8 Å². The van der Waals surface area contributed by atoms with Crippen molar-refractivity contribution >= 4 is 17.5 Å². The van der Waals surface area contributed by atoms with Gasteiger partial charge in [0.25, 0.3) is 5.95 Å². The third-order valence-corrected chi connectivity index (χ3v) is 6.63. The van der Waals surface area contributed by atoms with E-state index in [-0.39, 0.29) is 6.04 Å². The number of halogens is 1. The SMILES string of the molecule is Cc1cnc(N2CC3CCC(C2)C3N)n1-c1nc(Oc2cccc(Cl)c2)n(C(C)C)n1. The summed E-state index contributed by atoms with van der Waals surface area (Å²) in [4.78, 5) is 11.8. The van der Waals surface area contributed by atoms with Crippen LogP contribution in [0.3, 0.4) is 0 Å². The lowest BCUT2D eigenvalue weighted by molar-refractivity contribution is 0.352. The van der Waals surface area contributed by atoms with E-state index in [0.29, 0.717) is 40.6 Å².